The third kappa shape index (κ3) is 9.36. The van der Waals surface area contributed by atoms with Crippen molar-refractivity contribution in [2.24, 2.45) is 0 Å². The Hall–Kier alpha value is -3.43. The summed E-state index contributed by atoms with van der Waals surface area (Å²) in [6.07, 6.45) is -0.00329. The molecule has 0 fully saturated rings. The molecule has 0 spiro atoms. The van der Waals surface area contributed by atoms with E-state index >= 15 is 0 Å². The van der Waals surface area contributed by atoms with Gasteiger partial charge in [-0.1, -0.05) is 12.1 Å². The average Bonchev–Trinajstić information content (AvgIpc) is 2.67. The van der Waals surface area contributed by atoms with Crippen LogP contribution in [0.15, 0.2) is 24.3 Å². The predicted octanol–water partition coefficient (Wildman–Crippen LogP) is -0.0853. The average molecular weight is 407 g/mol. The number of hydrogen-bond donors (Lipinski definition) is 3. The summed E-state index contributed by atoms with van der Waals surface area (Å²) < 4.78 is 9.21. The van der Waals surface area contributed by atoms with Crippen LogP contribution in [0.1, 0.15) is 25.8 Å². The van der Waals surface area contributed by atoms with Gasteiger partial charge >= 0.3 is 23.8 Å². The lowest BCUT2D eigenvalue weighted by Crippen LogP contribution is -2.41. The topological polar surface area (TPSA) is 140 Å². The molecule has 10 heteroatoms. The molecule has 1 aromatic rings. The van der Waals surface area contributed by atoms with E-state index in [0.29, 0.717) is 11.3 Å². The van der Waals surface area contributed by atoms with Crippen molar-refractivity contribution in [2.45, 2.75) is 32.7 Å². The molecule has 0 aromatic heterocycles. The highest BCUT2D eigenvalue weighted by atomic mass is 16.5. The van der Waals surface area contributed by atoms with Crippen molar-refractivity contribution in [2.75, 3.05) is 25.6 Å². The fourth-order valence-electron chi connectivity index (χ4n) is 2.19. The maximum absolute atomic E-state index is 12.0. The Morgan fingerprint density at radius 1 is 1.00 bits per heavy atom. The minimum atomic E-state index is -0.885. The van der Waals surface area contributed by atoms with Gasteiger partial charge in [0.05, 0.1) is 26.6 Å². The number of anilines is 1. The van der Waals surface area contributed by atoms with Gasteiger partial charge in [0.15, 0.2) is 0 Å². The van der Waals surface area contributed by atoms with Crippen LogP contribution in [-0.2, 0) is 39.9 Å². The van der Waals surface area contributed by atoms with Crippen LogP contribution in [0.25, 0.3) is 0 Å². The van der Waals surface area contributed by atoms with Crippen molar-refractivity contribution in [1.82, 2.24) is 10.6 Å². The van der Waals surface area contributed by atoms with Crippen molar-refractivity contribution in [3.8, 4) is 0 Å². The molecule has 0 aliphatic heterocycles. The second-order valence-electron chi connectivity index (χ2n) is 6.06. The second-order valence-corrected chi connectivity index (χ2v) is 6.06. The highest BCUT2D eigenvalue weighted by Gasteiger charge is 2.18. The number of amides is 3. The molecule has 0 bridgehead atoms. The van der Waals surface area contributed by atoms with Crippen LogP contribution >= 0.6 is 0 Å². The maximum atomic E-state index is 12.0. The number of carbonyl (C=O) groups is 5. The molecule has 0 heterocycles. The van der Waals surface area contributed by atoms with Crippen LogP contribution in [0, 0.1) is 0 Å². The number of rotatable bonds is 9. The van der Waals surface area contributed by atoms with Gasteiger partial charge in [0.1, 0.15) is 6.54 Å². The van der Waals surface area contributed by atoms with Crippen LogP contribution in [0.2, 0.25) is 0 Å². The van der Waals surface area contributed by atoms with Crippen LogP contribution in [-0.4, -0.2) is 56.0 Å². The summed E-state index contributed by atoms with van der Waals surface area (Å²) >= 11 is 0. The van der Waals surface area contributed by atoms with Crippen LogP contribution in [0.3, 0.4) is 0 Å². The molecular weight excluding hydrogens is 382 g/mol. The van der Waals surface area contributed by atoms with Crippen molar-refractivity contribution >= 4 is 35.3 Å². The maximum Gasteiger partial charge on any atom is 0.325 e. The van der Waals surface area contributed by atoms with E-state index in [0.717, 1.165) is 0 Å². The fraction of sp³-hybridized carbons (Fsp3) is 0.421. The number of methoxy groups -OCH3 is 1. The Bertz CT molecular complexity index is 747. The molecule has 158 valence electrons. The number of benzene rings is 1. The zero-order valence-electron chi connectivity index (χ0n) is 16.6. The van der Waals surface area contributed by atoms with Crippen LogP contribution < -0.4 is 16.0 Å². The molecule has 0 saturated heterocycles. The van der Waals surface area contributed by atoms with E-state index in [4.69, 9.17) is 4.74 Å². The van der Waals surface area contributed by atoms with Crippen LogP contribution in [0.4, 0.5) is 5.69 Å². The first kappa shape index (κ1) is 23.6. The summed E-state index contributed by atoms with van der Waals surface area (Å²) in [7, 11) is 1.23. The smallest absolute Gasteiger partial charge is 0.325 e. The summed E-state index contributed by atoms with van der Waals surface area (Å²) in [4.78, 5) is 57.9. The number of hydrogen-bond acceptors (Lipinski definition) is 7. The van der Waals surface area contributed by atoms with Gasteiger partial charge < -0.3 is 25.4 Å². The quantitative estimate of drug-likeness (QED) is 0.384. The SMILES string of the molecule is CCOC(=O)CC(C)NC(=O)C(=O)Nc1ccc(CC(=O)NCC(=O)OC)cc1. The molecule has 3 amide bonds. The Kier molecular flexibility index (Phi) is 9.86. The molecule has 0 aliphatic rings. The van der Waals surface area contributed by atoms with Gasteiger partial charge in [0.2, 0.25) is 5.91 Å². The summed E-state index contributed by atoms with van der Waals surface area (Å²) in [5.41, 5.74) is 1.01. The van der Waals surface area contributed by atoms with E-state index in [1.54, 1.807) is 26.0 Å². The van der Waals surface area contributed by atoms with Gasteiger partial charge in [0, 0.05) is 11.7 Å². The fourth-order valence-corrected chi connectivity index (χ4v) is 2.19. The zero-order valence-corrected chi connectivity index (χ0v) is 16.6. The molecule has 29 heavy (non-hydrogen) atoms. The standard InChI is InChI=1S/C19H25N3O7/c1-4-29-16(24)9-12(2)21-18(26)19(27)22-14-7-5-13(6-8-14)10-15(23)20-11-17(25)28-3/h5-8,12H,4,9-11H2,1-3H3,(H,20,23)(H,21,26)(H,22,27). The molecule has 0 aliphatic carbocycles. The number of ether oxygens (including phenoxy) is 2. The number of carbonyl (C=O) groups excluding carboxylic acids is 5. The minimum absolute atomic E-state index is 0.0388. The number of nitrogens with one attached hydrogen (secondary N) is 3. The highest BCUT2D eigenvalue weighted by molar-refractivity contribution is 6.39. The van der Waals surface area contributed by atoms with Crippen molar-refractivity contribution in [3.63, 3.8) is 0 Å². The van der Waals surface area contributed by atoms with Crippen molar-refractivity contribution in [1.29, 1.82) is 0 Å². The lowest BCUT2D eigenvalue weighted by molar-refractivity contribution is -0.144. The van der Waals surface area contributed by atoms with Crippen LogP contribution in [0.5, 0.6) is 0 Å². The second kappa shape index (κ2) is 12.1. The van der Waals surface area contributed by atoms with Gasteiger partial charge in [-0.05, 0) is 31.5 Å². The lowest BCUT2D eigenvalue weighted by Gasteiger charge is -2.13. The molecule has 1 unspecified atom stereocenters. The number of esters is 2. The molecule has 0 saturated carbocycles. The normalized spacial score (nSPS) is 11.0. The predicted molar refractivity (Wildman–Crippen MR) is 103 cm³/mol. The third-order valence-electron chi connectivity index (χ3n) is 3.60. The molecule has 1 atom stereocenters. The van der Waals surface area contributed by atoms with E-state index in [1.165, 1.54) is 19.2 Å². The summed E-state index contributed by atoms with van der Waals surface area (Å²) in [6, 6.07) is 5.73. The summed E-state index contributed by atoms with van der Waals surface area (Å²) in [5.74, 6) is -3.14. The van der Waals surface area contributed by atoms with E-state index in [-0.39, 0.29) is 31.9 Å². The van der Waals surface area contributed by atoms with Gasteiger partial charge in [-0.25, -0.2) is 0 Å². The Balaban J connectivity index is 2.48. The minimum Gasteiger partial charge on any atom is -0.468 e. The summed E-state index contributed by atoms with van der Waals surface area (Å²) in [6.45, 7) is 3.28. The zero-order chi connectivity index (χ0) is 21.8. The Morgan fingerprint density at radius 2 is 1.66 bits per heavy atom. The monoisotopic (exact) mass is 407 g/mol. The van der Waals surface area contributed by atoms with Gasteiger partial charge in [-0.15, -0.1) is 0 Å². The van der Waals surface area contributed by atoms with E-state index in [2.05, 4.69) is 20.7 Å². The molecule has 1 aromatic carbocycles. The molecular formula is C19H25N3O7. The van der Waals surface area contributed by atoms with E-state index in [1.807, 2.05) is 0 Å². The first-order valence-electron chi connectivity index (χ1n) is 8.95. The highest BCUT2D eigenvalue weighted by Crippen LogP contribution is 2.10. The third-order valence-corrected chi connectivity index (χ3v) is 3.60. The summed E-state index contributed by atoms with van der Waals surface area (Å²) in [5, 5.41) is 7.25. The molecule has 1 rings (SSSR count). The van der Waals surface area contributed by atoms with Gasteiger partial charge in [-0.2, -0.15) is 0 Å². The van der Waals surface area contributed by atoms with E-state index < -0.39 is 29.8 Å². The lowest BCUT2D eigenvalue weighted by atomic mass is 10.1. The van der Waals surface area contributed by atoms with Crippen molar-refractivity contribution in [3.05, 3.63) is 29.8 Å². The Labute approximate surface area is 168 Å². The Morgan fingerprint density at radius 3 is 2.24 bits per heavy atom. The van der Waals surface area contributed by atoms with Crippen molar-refractivity contribution < 1.29 is 33.4 Å². The first-order chi connectivity index (χ1) is 13.7. The van der Waals surface area contributed by atoms with E-state index in [9.17, 15) is 24.0 Å². The molecule has 0 radical (unpaired) electrons. The largest absolute Gasteiger partial charge is 0.468 e. The first-order valence-corrected chi connectivity index (χ1v) is 8.95. The van der Waals surface area contributed by atoms with Gasteiger partial charge in [-0.3, -0.25) is 24.0 Å². The van der Waals surface area contributed by atoms with Gasteiger partial charge in [0.25, 0.3) is 0 Å². The molecule has 10 nitrogen and oxygen atoms in total. The molecule has 3 N–H and O–H groups in total.